The van der Waals surface area contributed by atoms with Crippen molar-refractivity contribution in [2.24, 2.45) is 0 Å². The van der Waals surface area contributed by atoms with Crippen LogP contribution < -0.4 is 19.5 Å². The number of rotatable bonds is 7. The molecule has 0 unspecified atom stereocenters. The molecule has 0 spiro atoms. The Morgan fingerprint density at radius 3 is 2.06 bits per heavy atom. The fourth-order valence-electron chi connectivity index (χ4n) is 3.35. The highest BCUT2D eigenvalue weighted by Crippen LogP contribution is 2.37. The first-order valence-corrected chi connectivity index (χ1v) is 10.3. The molecule has 0 atom stereocenters. The number of amides is 1. The van der Waals surface area contributed by atoms with Crippen LogP contribution in [0.2, 0.25) is 0 Å². The second-order valence-electron chi connectivity index (χ2n) is 7.18. The van der Waals surface area contributed by atoms with Crippen molar-refractivity contribution in [3.05, 3.63) is 84.1 Å². The molecule has 0 aliphatic heterocycles. The van der Waals surface area contributed by atoms with E-state index in [2.05, 4.69) is 15.0 Å². The first-order chi connectivity index (χ1) is 16.5. The minimum absolute atomic E-state index is 0.300. The molecule has 1 N–H and O–H groups in total. The van der Waals surface area contributed by atoms with Crippen LogP contribution in [0.4, 0.5) is 5.69 Å². The summed E-state index contributed by atoms with van der Waals surface area (Å²) in [5.41, 5.74) is 2.10. The van der Waals surface area contributed by atoms with Gasteiger partial charge in [0.25, 0.3) is 5.91 Å². The van der Waals surface area contributed by atoms with Crippen LogP contribution in [0.3, 0.4) is 0 Å². The molecule has 1 aromatic heterocycles. The summed E-state index contributed by atoms with van der Waals surface area (Å²) < 4.78 is 21.5. The van der Waals surface area contributed by atoms with Crippen LogP contribution in [-0.2, 0) is 4.74 Å². The van der Waals surface area contributed by atoms with Crippen molar-refractivity contribution in [2.75, 3.05) is 26.6 Å². The lowest BCUT2D eigenvalue weighted by molar-refractivity contribution is 0.0600. The highest BCUT2D eigenvalue weighted by Gasteiger charge is 2.12. The van der Waals surface area contributed by atoms with E-state index in [0.717, 1.165) is 5.39 Å². The number of hydrogen-bond donors (Lipinski definition) is 1. The topological polar surface area (TPSA) is 96.0 Å². The molecule has 0 saturated heterocycles. The molecular weight excluding hydrogens is 436 g/mol. The van der Waals surface area contributed by atoms with E-state index in [1.54, 1.807) is 81.1 Å². The van der Waals surface area contributed by atoms with Gasteiger partial charge in [-0.1, -0.05) is 0 Å². The summed E-state index contributed by atoms with van der Waals surface area (Å²) in [7, 11) is 4.45. The molecular formula is C26H22N2O6. The average molecular weight is 458 g/mol. The van der Waals surface area contributed by atoms with Crippen molar-refractivity contribution >= 4 is 28.5 Å². The van der Waals surface area contributed by atoms with Gasteiger partial charge in [0, 0.05) is 28.9 Å². The van der Waals surface area contributed by atoms with Crippen LogP contribution in [0.5, 0.6) is 23.0 Å². The largest absolute Gasteiger partial charge is 0.493 e. The van der Waals surface area contributed by atoms with Gasteiger partial charge in [0.2, 0.25) is 0 Å². The highest BCUT2D eigenvalue weighted by molar-refractivity contribution is 6.04. The zero-order valence-corrected chi connectivity index (χ0v) is 18.8. The lowest BCUT2D eigenvalue weighted by atomic mass is 10.1. The van der Waals surface area contributed by atoms with Crippen molar-refractivity contribution in [3.63, 3.8) is 0 Å². The number of methoxy groups -OCH3 is 3. The van der Waals surface area contributed by atoms with Gasteiger partial charge in [0.15, 0.2) is 11.5 Å². The average Bonchev–Trinajstić information content (AvgIpc) is 2.88. The Morgan fingerprint density at radius 1 is 0.765 bits per heavy atom. The van der Waals surface area contributed by atoms with Crippen LogP contribution in [0.25, 0.3) is 10.9 Å². The number of nitrogens with zero attached hydrogens (tertiary/aromatic N) is 1. The van der Waals surface area contributed by atoms with Crippen LogP contribution in [0, 0.1) is 0 Å². The van der Waals surface area contributed by atoms with Crippen molar-refractivity contribution in [1.82, 2.24) is 4.98 Å². The maximum Gasteiger partial charge on any atom is 0.337 e. The summed E-state index contributed by atoms with van der Waals surface area (Å²) in [5, 5.41) is 3.59. The number of ether oxygens (including phenoxy) is 4. The molecule has 0 saturated carbocycles. The summed E-state index contributed by atoms with van der Waals surface area (Å²) in [4.78, 5) is 28.4. The molecule has 1 heterocycles. The number of nitrogens with one attached hydrogen (secondary N) is 1. The van der Waals surface area contributed by atoms with E-state index in [1.807, 2.05) is 6.07 Å². The second kappa shape index (κ2) is 9.91. The lowest BCUT2D eigenvalue weighted by Gasteiger charge is -2.12. The number of hydrogen-bond acceptors (Lipinski definition) is 7. The Kier molecular flexibility index (Phi) is 6.59. The van der Waals surface area contributed by atoms with Gasteiger partial charge in [-0.3, -0.25) is 9.78 Å². The molecule has 0 bridgehead atoms. The number of fused-ring (bicyclic) bond motifs is 1. The van der Waals surface area contributed by atoms with Crippen LogP contribution in [-0.4, -0.2) is 38.2 Å². The quantitative estimate of drug-likeness (QED) is 0.386. The van der Waals surface area contributed by atoms with Crippen molar-refractivity contribution in [1.29, 1.82) is 0 Å². The number of aromatic nitrogens is 1. The van der Waals surface area contributed by atoms with Gasteiger partial charge in [0.05, 0.1) is 32.4 Å². The van der Waals surface area contributed by atoms with E-state index in [4.69, 9.17) is 14.2 Å². The van der Waals surface area contributed by atoms with Crippen LogP contribution in [0.1, 0.15) is 20.7 Å². The number of pyridine rings is 1. The second-order valence-corrected chi connectivity index (χ2v) is 7.18. The van der Waals surface area contributed by atoms with Gasteiger partial charge < -0.3 is 24.3 Å². The third-order valence-electron chi connectivity index (χ3n) is 5.12. The summed E-state index contributed by atoms with van der Waals surface area (Å²) >= 11 is 0. The van der Waals surface area contributed by atoms with Crippen molar-refractivity contribution < 1.29 is 28.5 Å². The maximum atomic E-state index is 12.5. The first kappa shape index (κ1) is 22.6. The molecule has 4 rings (SSSR count). The summed E-state index contributed by atoms with van der Waals surface area (Å²) in [6.45, 7) is 0. The predicted molar refractivity (Wildman–Crippen MR) is 127 cm³/mol. The van der Waals surface area contributed by atoms with Gasteiger partial charge >= 0.3 is 5.97 Å². The van der Waals surface area contributed by atoms with E-state index in [1.165, 1.54) is 7.11 Å². The minimum atomic E-state index is -0.456. The highest BCUT2D eigenvalue weighted by atomic mass is 16.5. The number of carbonyl (C=O) groups is 2. The number of benzene rings is 3. The predicted octanol–water partition coefficient (Wildman–Crippen LogP) is 5.08. The van der Waals surface area contributed by atoms with Crippen LogP contribution >= 0.6 is 0 Å². The standard InChI is InChI=1S/C26H22N2O6/c1-31-23-14-20-21(15-24(23)32-2)27-13-12-22(20)34-19-10-8-18(9-11-19)28-25(29)16-4-6-17(7-5-16)26(30)33-3/h4-15H,1-3H3,(H,28,29). The molecule has 34 heavy (non-hydrogen) atoms. The molecule has 3 aromatic carbocycles. The zero-order chi connectivity index (χ0) is 24.1. The van der Waals surface area contributed by atoms with Gasteiger partial charge in [-0.2, -0.15) is 0 Å². The number of esters is 1. The normalized spacial score (nSPS) is 10.4. The molecule has 1 amide bonds. The Labute approximate surface area is 196 Å². The molecule has 8 heteroatoms. The summed E-state index contributed by atoms with van der Waals surface area (Å²) in [6.07, 6.45) is 1.66. The van der Waals surface area contributed by atoms with Gasteiger partial charge in [-0.25, -0.2) is 4.79 Å². The van der Waals surface area contributed by atoms with E-state index >= 15 is 0 Å². The molecule has 0 fully saturated rings. The minimum Gasteiger partial charge on any atom is -0.493 e. The molecule has 8 nitrogen and oxygen atoms in total. The SMILES string of the molecule is COC(=O)c1ccc(C(=O)Nc2ccc(Oc3ccnc4cc(OC)c(OC)cc34)cc2)cc1. The molecule has 172 valence electrons. The van der Waals surface area contributed by atoms with Gasteiger partial charge in [0.1, 0.15) is 11.5 Å². The third-order valence-corrected chi connectivity index (χ3v) is 5.12. The van der Waals surface area contributed by atoms with Crippen LogP contribution in [0.15, 0.2) is 72.9 Å². The Hall–Kier alpha value is -4.59. The molecule has 0 radical (unpaired) electrons. The fraction of sp³-hybridized carbons (Fsp3) is 0.115. The lowest BCUT2D eigenvalue weighted by Crippen LogP contribution is -2.12. The Morgan fingerprint density at radius 2 is 1.41 bits per heavy atom. The molecule has 0 aliphatic carbocycles. The van der Waals surface area contributed by atoms with E-state index in [9.17, 15) is 9.59 Å². The smallest absolute Gasteiger partial charge is 0.337 e. The number of anilines is 1. The number of carbonyl (C=O) groups excluding carboxylic acids is 2. The Balaban J connectivity index is 1.48. The zero-order valence-electron chi connectivity index (χ0n) is 18.8. The molecule has 0 aliphatic rings. The van der Waals surface area contributed by atoms with E-state index in [-0.39, 0.29) is 5.91 Å². The van der Waals surface area contributed by atoms with E-state index < -0.39 is 5.97 Å². The fourth-order valence-corrected chi connectivity index (χ4v) is 3.35. The van der Waals surface area contributed by atoms with E-state index in [0.29, 0.717) is 45.3 Å². The summed E-state index contributed by atoms with van der Waals surface area (Å²) in [6, 6.07) is 18.6. The van der Waals surface area contributed by atoms with Crippen molar-refractivity contribution in [2.45, 2.75) is 0 Å². The third kappa shape index (κ3) is 4.75. The monoisotopic (exact) mass is 458 g/mol. The van der Waals surface area contributed by atoms with Gasteiger partial charge in [-0.05, 0) is 60.7 Å². The first-order valence-electron chi connectivity index (χ1n) is 10.3. The maximum absolute atomic E-state index is 12.5. The van der Waals surface area contributed by atoms with Gasteiger partial charge in [-0.15, -0.1) is 0 Å². The Bertz CT molecular complexity index is 1330. The summed E-state index contributed by atoms with van der Waals surface area (Å²) in [5.74, 6) is 1.59. The van der Waals surface area contributed by atoms with Crippen molar-refractivity contribution in [3.8, 4) is 23.0 Å². The molecule has 4 aromatic rings.